The van der Waals surface area contributed by atoms with Crippen molar-refractivity contribution in [2.45, 2.75) is 52.8 Å². The normalized spacial score (nSPS) is 20.1. The van der Waals surface area contributed by atoms with Gasteiger partial charge >= 0.3 is 6.09 Å². The monoisotopic (exact) mass is 647 g/mol. The molecule has 16 heteroatoms. The lowest BCUT2D eigenvalue weighted by Gasteiger charge is -2.32. The van der Waals surface area contributed by atoms with E-state index in [1.54, 1.807) is 12.4 Å². The van der Waals surface area contributed by atoms with Gasteiger partial charge in [-0.1, -0.05) is 65.3 Å². The van der Waals surface area contributed by atoms with E-state index in [2.05, 4.69) is 15.3 Å². The molecule has 0 radical (unpaired) electrons. The van der Waals surface area contributed by atoms with E-state index in [1.807, 2.05) is 16.3 Å². The summed E-state index contributed by atoms with van der Waals surface area (Å²) in [6.07, 6.45) is 8.56. The van der Waals surface area contributed by atoms with Crippen molar-refractivity contribution in [3.63, 3.8) is 0 Å². The van der Waals surface area contributed by atoms with E-state index in [-0.39, 0.29) is 6.61 Å². The van der Waals surface area contributed by atoms with Gasteiger partial charge in [-0.2, -0.15) is 4.98 Å². The molecule has 0 saturated heterocycles. The molecule has 214 valence electrons. The van der Waals surface area contributed by atoms with Gasteiger partial charge in [0.25, 0.3) is 9.70 Å². The Bertz CT molecular complexity index is 1360. The number of ether oxygens (including phenoxy) is 1. The number of carbonyl (C=O) groups excluding carboxylic acids is 2. The fourth-order valence-electron chi connectivity index (χ4n) is 4.95. The maximum Gasteiger partial charge on any atom is 0.414 e. The molecule has 1 saturated carbocycles. The molecule has 1 aliphatic carbocycles. The van der Waals surface area contributed by atoms with Crippen LogP contribution in [-0.2, 0) is 26.8 Å². The first kappa shape index (κ1) is 29.2. The Hall–Kier alpha value is -2.25. The summed E-state index contributed by atoms with van der Waals surface area (Å²) < 4.78 is 16.0. The first-order valence-electron chi connectivity index (χ1n) is 12.6. The highest BCUT2D eigenvalue weighted by Gasteiger charge is 2.39. The number of carbonyl (C=O) groups is 2. The highest BCUT2D eigenvalue weighted by molar-refractivity contribution is 7.85. The van der Waals surface area contributed by atoms with Crippen LogP contribution in [-0.4, -0.2) is 70.9 Å². The van der Waals surface area contributed by atoms with Crippen molar-refractivity contribution in [1.82, 2.24) is 25.3 Å². The fourth-order valence-corrected chi connectivity index (χ4v) is 6.50. The van der Waals surface area contributed by atoms with Crippen LogP contribution in [0, 0.1) is 0 Å². The van der Waals surface area contributed by atoms with Crippen LogP contribution in [0.3, 0.4) is 0 Å². The van der Waals surface area contributed by atoms with Crippen LogP contribution in [0.2, 0.25) is 5.02 Å². The number of fused-ring (bicyclic) bond motifs is 1. The molecule has 0 aromatic carbocycles. The van der Waals surface area contributed by atoms with Gasteiger partial charge in [-0.15, -0.1) is 0 Å². The molecule has 0 unspecified atom stereocenters. The van der Waals surface area contributed by atoms with Crippen molar-refractivity contribution in [2.24, 2.45) is 0 Å². The van der Waals surface area contributed by atoms with E-state index >= 15 is 0 Å². The zero-order valence-electron chi connectivity index (χ0n) is 21.1. The molecule has 2 aromatic heterocycles. The second-order valence-electron chi connectivity index (χ2n) is 9.74. The molecular weight excluding hydrogens is 624 g/mol. The summed E-state index contributed by atoms with van der Waals surface area (Å²) in [7, 11) is -1.26. The van der Waals surface area contributed by atoms with Gasteiger partial charge in [0, 0.05) is 37.7 Å². The summed E-state index contributed by atoms with van der Waals surface area (Å²) in [6, 6.07) is 0. The van der Waals surface area contributed by atoms with E-state index in [4.69, 9.17) is 61.1 Å². The summed E-state index contributed by atoms with van der Waals surface area (Å²) in [5.74, 6) is 0.985. The molecule has 3 aliphatic rings. The first-order chi connectivity index (χ1) is 19.0. The minimum atomic E-state index is -2.30. The highest BCUT2D eigenvalue weighted by Crippen LogP contribution is 2.38. The largest absolute Gasteiger partial charge is 0.447 e. The summed E-state index contributed by atoms with van der Waals surface area (Å²) in [5, 5.41) is 5.85. The standard InChI is InChI=1S/C24H25Cl4N7O4S/c25-15-11-29-18(30-12-15)14-3-8-35(9-4-14)21-31-16-5-10-40(38)17(16)19(32-21)34-23(6-1-2-7-23)13-39-22(37)33-20(36)24(26,27)28/h3,11-12H,1-2,4-10,13H2,(H,31,32,34)(H,33,36,37)/t40-/m1/s1. The molecule has 0 bridgehead atoms. The summed E-state index contributed by atoms with van der Waals surface area (Å²) >= 11 is 22.5. The quantitative estimate of drug-likeness (QED) is 0.438. The van der Waals surface area contributed by atoms with Crippen LogP contribution < -0.4 is 15.5 Å². The maximum atomic E-state index is 12.9. The Morgan fingerprint density at radius 1 is 1.12 bits per heavy atom. The highest BCUT2D eigenvalue weighted by atomic mass is 35.6. The van der Waals surface area contributed by atoms with Gasteiger partial charge in [-0.05, 0) is 24.8 Å². The molecule has 11 nitrogen and oxygen atoms in total. The number of alkyl halides is 3. The number of rotatable bonds is 6. The van der Waals surface area contributed by atoms with Crippen LogP contribution in [0.1, 0.15) is 43.6 Å². The predicted octanol–water partition coefficient (Wildman–Crippen LogP) is 4.23. The van der Waals surface area contributed by atoms with E-state index in [0.717, 1.165) is 24.1 Å². The molecule has 0 spiro atoms. The summed E-state index contributed by atoms with van der Waals surface area (Å²) in [5.41, 5.74) is 1.08. The predicted molar refractivity (Wildman–Crippen MR) is 153 cm³/mol. The fraction of sp³-hybridized carbons (Fsp3) is 0.500. The van der Waals surface area contributed by atoms with Crippen molar-refractivity contribution in [1.29, 1.82) is 0 Å². The number of amides is 2. The topological polar surface area (TPSA) is 139 Å². The van der Waals surface area contributed by atoms with Gasteiger partial charge in [0.15, 0.2) is 5.82 Å². The Kier molecular flexibility index (Phi) is 8.72. The molecule has 40 heavy (non-hydrogen) atoms. The van der Waals surface area contributed by atoms with Crippen molar-refractivity contribution in [3.8, 4) is 0 Å². The number of nitrogens with one attached hydrogen (secondary N) is 2. The molecule has 4 heterocycles. The number of aryl methyl sites for hydroxylation is 1. The van der Waals surface area contributed by atoms with Gasteiger partial charge in [-0.25, -0.2) is 19.7 Å². The number of anilines is 2. The zero-order valence-corrected chi connectivity index (χ0v) is 24.9. The van der Waals surface area contributed by atoms with Crippen molar-refractivity contribution in [2.75, 3.05) is 35.7 Å². The van der Waals surface area contributed by atoms with Crippen LogP contribution in [0.4, 0.5) is 16.6 Å². The summed E-state index contributed by atoms with van der Waals surface area (Å²) in [6.45, 7) is 1.13. The van der Waals surface area contributed by atoms with Gasteiger partial charge in [0.2, 0.25) is 5.95 Å². The third kappa shape index (κ3) is 6.62. The van der Waals surface area contributed by atoms with Crippen molar-refractivity contribution in [3.05, 3.63) is 35.0 Å². The third-order valence-electron chi connectivity index (χ3n) is 6.97. The van der Waals surface area contributed by atoms with Gasteiger partial charge < -0.3 is 15.0 Å². The lowest BCUT2D eigenvalue weighted by molar-refractivity contribution is -0.119. The minimum Gasteiger partial charge on any atom is -0.447 e. The number of hydrogen-bond acceptors (Lipinski definition) is 10. The Morgan fingerprint density at radius 3 is 2.50 bits per heavy atom. The molecule has 2 aromatic rings. The van der Waals surface area contributed by atoms with Crippen LogP contribution >= 0.6 is 46.4 Å². The van der Waals surface area contributed by atoms with E-state index in [1.165, 1.54) is 0 Å². The Labute approximate surface area is 252 Å². The number of nitrogens with zero attached hydrogens (tertiary/aromatic N) is 5. The minimum absolute atomic E-state index is 0.0659. The number of halogens is 4. The van der Waals surface area contributed by atoms with E-state index in [0.29, 0.717) is 72.0 Å². The lowest BCUT2D eigenvalue weighted by Crippen LogP contribution is -2.45. The third-order valence-corrected chi connectivity index (χ3v) is 9.14. The summed E-state index contributed by atoms with van der Waals surface area (Å²) in [4.78, 5) is 44.9. The van der Waals surface area contributed by atoms with Crippen LogP contribution in [0.15, 0.2) is 23.4 Å². The van der Waals surface area contributed by atoms with E-state index < -0.39 is 32.1 Å². The number of hydrogen-bond donors (Lipinski definition) is 2. The first-order valence-corrected chi connectivity index (χ1v) is 15.4. The lowest BCUT2D eigenvalue weighted by atomic mass is 9.99. The molecule has 2 N–H and O–H groups in total. The van der Waals surface area contributed by atoms with Crippen molar-refractivity contribution >= 4 is 86.5 Å². The van der Waals surface area contributed by atoms with E-state index in [9.17, 15) is 13.8 Å². The molecule has 2 aliphatic heterocycles. The SMILES string of the molecule is O=C(NC(=O)C(Cl)(Cl)Cl)OCC1(Nc2nc(N3CC=C(c4ncc(Cl)cn4)CC3)nc3c2[S@](=O)CC3)CCCC1. The molecule has 2 amide bonds. The Morgan fingerprint density at radius 2 is 1.85 bits per heavy atom. The second kappa shape index (κ2) is 11.9. The molecular formula is C24H25Cl4N7O4S. The van der Waals surface area contributed by atoms with Gasteiger partial charge in [0.05, 0.1) is 27.1 Å². The average Bonchev–Trinajstić information content (AvgIpc) is 3.54. The van der Waals surface area contributed by atoms with Crippen molar-refractivity contribution < 1.29 is 18.5 Å². The Balaban J connectivity index is 1.35. The maximum absolute atomic E-state index is 12.9. The zero-order chi connectivity index (χ0) is 28.5. The number of imide groups is 1. The number of aromatic nitrogens is 4. The molecule has 1 fully saturated rings. The number of alkyl carbamates (subject to hydrolysis) is 1. The van der Waals surface area contributed by atoms with Crippen LogP contribution in [0.25, 0.3) is 5.57 Å². The second-order valence-corrected chi connectivity index (χ2v) is 14.0. The molecule has 5 rings (SSSR count). The van der Waals surface area contributed by atoms with Gasteiger partial charge in [-0.3, -0.25) is 14.3 Å². The molecule has 1 atom stereocenters. The van der Waals surface area contributed by atoms with Crippen LogP contribution in [0.5, 0.6) is 0 Å². The van der Waals surface area contributed by atoms with Gasteiger partial charge in [0.1, 0.15) is 17.3 Å². The average molecular weight is 649 g/mol. The smallest absolute Gasteiger partial charge is 0.414 e.